The van der Waals surface area contributed by atoms with Crippen LogP contribution in [0.5, 0.6) is 0 Å². The molecule has 1 aromatic rings. The predicted octanol–water partition coefficient (Wildman–Crippen LogP) is 3.84. The number of aliphatic hydroxyl groups excluding tert-OH is 1. The van der Waals surface area contributed by atoms with Gasteiger partial charge in [-0.05, 0) is 26.8 Å². The van der Waals surface area contributed by atoms with Crippen molar-refractivity contribution in [3.05, 3.63) is 33.3 Å². The molecule has 0 unspecified atom stereocenters. The molecule has 1 N–H and O–H groups in total. The topological polar surface area (TPSA) is 71.8 Å². The van der Waals surface area contributed by atoms with E-state index in [4.69, 9.17) is 27.9 Å². The average Bonchev–Trinajstić information content (AvgIpc) is 2.42. The number of hydrogen-bond acceptors (Lipinski definition) is 5. The molecular formula is C14H15Cl2FN2O3. The van der Waals surface area contributed by atoms with Crippen LogP contribution in [0.2, 0.25) is 10.3 Å². The van der Waals surface area contributed by atoms with Crippen molar-refractivity contribution in [2.75, 3.05) is 6.61 Å². The first-order chi connectivity index (χ1) is 10.3. The fourth-order valence-corrected chi connectivity index (χ4v) is 1.81. The summed E-state index contributed by atoms with van der Waals surface area (Å²) in [6, 6.07) is 0.767. The Balaban J connectivity index is 3.44. The SMILES string of the molecule is CCOC(=O)C(C=NC(C)C)=C(O)c1cc(F)c(Cl)nc1Cl. The molecule has 0 saturated carbocycles. The van der Waals surface area contributed by atoms with E-state index in [9.17, 15) is 14.3 Å². The van der Waals surface area contributed by atoms with Crippen molar-refractivity contribution in [3.63, 3.8) is 0 Å². The maximum absolute atomic E-state index is 13.5. The third-order valence-corrected chi connectivity index (χ3v) is 2.95. The second-order valence-electron chi connectivity index (χ2n) is 4.45. The molecule has 0 bridgehead atoms. The number of carbonyl (C=O) groups excluding carboxylic acids is 1. The van der Waals surface area contributed by atoms with Crippen LogP contribution in [0.4, 0.5) is 4.39 Å². The van der Waals surface area contributed by atoms with E-state index in [0.717, 1.165) is 12.3 Å². The molecule has 0 radical (unpaired) electrons. The van der Waals surface area contributed by atoms with Crippen LogP contribution in [0.1, 0.15) is 26.3 Å². The maximum atomic E-state index is 13.5. The van der Waals surface area contributed by atoms with Crippen molar-refractivity contribution < 1.29 is 19.0 Å². The van der Waals surface area contributed by atoms with Crippen LogP contribution >= 0.6 is 23.2 Å². The van der Waals surface area contributed by atoms with Crippen LogP contribution < -0.4 is 0 Å². The van der Waals surface area contributed by atoms with E-state index in [1.165, 1.54) is 0 Å². The summed E-state index contributed by atoms with van der Waals surface area (Å²) in [6.45, 7) is 5.29. The Kier molecular flexibility index (Phi) is 6.77. The van der Waals surface area contributed by atoms with Crippen LogP contribution in [-0.4, -0.2) is 34.9 Å². The summed E-state index contributed by atoms with van der Waals surface area (Å²) in [4.78, 5) is 19.5. The highest BCUT2D eigenvalue weighted by Crippen LogP contribution is 2.27. The number of ether oxygens (including phenoxy) is 1. The minimum Gasteiger partial charge on any atom is -0.506 e. The second-order valence-corrected chi connectivity index (χ2v) is 5.17. The van der Waals surface area contributed by atoms with Crippen LogP contribution in [0.25, 0.3) is 5.76 Å². The molecule has 0 amide bonds. The molecule has 5 nitrogen and oxygen atoms in total. The zero-order valence-corrected chi connectivity index (χ0v) is 13.7. The number of halogens is 3. The van der Waals surface area contributed by atoms with Gasteiger partial charge in [-0.2, -0.15) is 0 Å². The molecule has 1 aromatic heterocycles. The molecule has 0 aromatic carbocycles. The molecule has 1 heterocycles. The van der Waals surface area contributed by atoms with Crippen LogP contribution in [0.15, 0.2) is 16.6 Å². The molecule has 120 valence electrons. The predicted molar refractivity (Wildman–Crippen MR) is 84.0 cm³/mol. The lowest BCUT2D eigenvalue weighted by molar-refractivity contribution is -0.137. The lowest BCUT2D eigenvalue weighted by atomic mass is 10.1. The fraction of sp³-hybridized carbons (Fsp3) is 0.357. The quantitative estimate of drug-likeness (QED) is 0.288. The normalized spacial score (nSPS) is 12.7. The van der Waals surface area contributed by atoms with Crippen molar-refractivity contribution in [2.24, 2.45) is 4.99 Å². The van der Waals surface area contributed by atoms with Gasteiger partial charge in [-0.15, -0.1) is 0 Å². The van der Waals surface area contributed by atoms with Gasteiger partial charge in [0.25, 0.3) is 0 Å². The van der Waals surface area contributed by atoms with Gasteiger partial charge in [0.2, 0.25) is 0 Å². The molecule has 0 spiro atoms. The van der Waals surface area contributed by atoms with Crippen molar-refractivity contribution in [1.29, 1.82) is 0 Å². The highest BCUT2D eigenvalue weighted by Gasteiger charge is 2.20. The first-order valence-corrected chi connectivity index (χ1v) is 7.18. The van der Waals surface area contributed by atoms with Gasteiger partial charge in [-0.25, -0.2) is 14.2 Å². The summed E-state index contributed by atoms with van der Waals surface area (Å²) in [5, 5.41) is 9.56. The van der Waals surface area contributed by atoms with Gasteiger partial charge in [0.15, 0.2) is 11.0 Å². The molecule has 22 heavy (non-hydrogen) atoms. The smallest absolute Gasteiger partial charge is 0.343 e. The minimum absolute atomic E-state index is 0.103. The molecule has 0 fully saturated rings. The number of rotatable bonds is 5. The summed E-state index contributed by atoms with van der Waals surface area (Å²) < 4.78 is 18.4. The van der Waals surface area contributed by atoms with Crippen molar-refractivity contribution >= 4 is 41.1 Å². The van der Waals surface area contributed by atoms with E-state index in [1.807, 2.05) is 0 Å². The van der Waals surface area contributed by atoms with Gasteiger partial charge in [0.05, 0.1) is 12.2 Å². The average molecular weight is 349 g/mol. The van der Waals surface area contributed by atoms with E-state index < -0.39 is 22.7 Å². The molecule has 1 rings (SSSR count). The number of aliphatic imine (C=N–C) groups is 1. The van der Waals surface area contributed by atoms with E-state index in [2.05, 4.69) is 9.98 Å². The number of carbonyl (C=O) groups is 1. The fourth-order valence-electron chi connectivity index (χ4n) is 1.40. The summed E-state index contributed by atoms with van der Waals surface area (Å²) >= 11 is 11.3. The Bertz CT molecular complexity index is 631. The Morgan fingerprint density at radius 3 is 2.68 bits per heavy atom. The van der Waals surface area contributed by atoms with Crippen molar-refractivity contribution in [1.82, 2.24) is 4.98 Å². The zero-order valence-electron chi connectivity index (χ0n) is 12.2. The third-order valence-electron chi connectivity index (χ3n) is 2.39. The highest BCUT2D eigenvalue weighted by atomic mass is 35.5. The van der Waals surface area contributed by atoms with E-state index in [0.29, 0.717) is 0 Å². The van der Waals surface area contributed by atoms with Crippen molar-refractivity contribution in [3.8, 4) is 0 Å². The lowest BCUT2D eigenvalue weighted by Crippen LogP contribution is -2.12. The van der Waals surface area contributed by atoms with Gasteiger partial charge in [0.1, 0.15) is 16.5 Å². The molecule has 8 heteroatoms. The Morgan fingerprint density at radius 1 is 1.50 bits per heavy atom. The molecule has 0 aliphatic carbocycles. The molecule has 0 aliphatic rings. The number of hydrogen-bond donors (Lipinski definition) is 1. The summed E-state index contributed by atoms with van der Waals surface area (Å²) in [6.07, 6.45) is 1.15. The number of aliphatic hydroxyl groups is 1. The molecule has 0 saturated heterocycles. The summed E-state index contributed by atoms with van der Waals surface area (Å²) in [5.41, 5.74) is -0.428. The van der Waals surface area contributed by atoms with E-state index in [1.54, 1.807) is 20.8 Å². The zero-order chi connectivity index (χ0) is 16.9. The molecule has 0 atom stereocenters. The van der Waals surface area contributed by atoms with Crippen LogP contribution in [0.3, 0.4) is 0 Å². The van der Waals surface area contributed by atoms with Crippen LogP contribution in [0, 0.1) is 5.82 Å². The Hall–Kier alpha value is -1.66. The maximum Gasteiger partial charge on any atom is 0.343 e. The number of pyridine rings is 1. The van der Waals surface area contributed by atoms with Gasteiger partial charge in [-0.1, -0.05) is 23.2 Å². The standard InChI is InChI=1S/C14H15Cl2FN2O3/c1-4-22-14(21)9(6-18-7(2)3)11(20)8-5-10(17)13(16)19-12(8)15/h5-7,20H,4H2,1-3H3. The summed E-state index contributed by atoms with van der Waals surface area (Å²) in [7, 11) is 0. The number of esters is 1. The number of nitrogens with zero attached hydrogens (tertiary/aromatic N) is 2. The van der Waals surface area contributed by atoms with Crippen molar-refractivity contribution in [2.45, 2.75) is 26.8 Å². The van der Waals surface area contributed by atoms with Gasteiger partial charge in [0, 0.05) is 12.3 Å². The Labute approximate surface area is 137 Å². The minimum atomic E-state index is -0.878. The Morgan fingerprint density at radius 2 is 2.14 bits per heavy atom. The first kappa shape index (κ1) is 18.4. The van der Waals surface area contributed by atoms with E-state index >= 15 is 0 Å². The van der Waals surface area contributed by atoms with E-state index in [-0.39, 0.29) is 28.9 Å². The van der Waals surface area contributed by atoms with Gasteiger partial charge >= 0.3 is 5.97 Å². The van der Waals surface area contributed by atoms with Gasteiger partial charge < -0.3 is 9.84 Å². The van der Waals surface area contributed by atoms with Gasteiger partial charge in [-0.3, -0.25) is 4.99 Å². The largest absolute Gasteiger partial charge is 0.506 e. The number of aromatic nitrogens is 1. The van der Waals surface area contributed by atoms with Crippen LogP contribution in [-0.2, 0) is 9.53 Å². The lowest BCUT2D eigenvalue weighted by Gasteiger charge is -2.09. The monoisotopic (exact) mass is 348 g/mol. The molecular weight excluding hydrogens is 334 g/mol. The molecule has 0 aliphatic heterocycles. The third kappa shape index (κ3) is 4.68. The first-order valence-electron chi connectivity index (χ1n) is 6.43. The summed E-state index contributed by atoms with van der Waals surface area (Å²) in [5.74, 6) is -2.27. The second kappa shape index (κ2) is 8.10. The highest BCUT2D eigenvalue weighted by molar-refractivity contribution is 6.34.